The highest BCUT2D eigenvalue weighted by Crippen LogP contribution is 2.31. The van der Waals surface area contributed by atoms with Crippen LogP contribution in [-0.2, 0) is 20.9 Å². The van der Waals surface area contributed by atoms with Gasteiger partial charge in [-0.2, -0.15) is 4.98 Å². The molecule has 0 fully saturated rings. The zero-order chi connectivity index (χ0) is 20.2. The molecule has 0 atom stereocenters. The minimum atomic E-state index is -0.604. The topological polar surface area (TPSA) is 94.8 Å². The van der Waals surface area contributed by atoms with Crippen LogP contribution in [0.1, 0.15) is 12.3 Å². The lowest BCUT2D eigenvalue weighted by atomic mass is 10.2. The Morgan fingerprint density at radius 3 is 2.83 bits per heavy atom. The molecular weight excluding hydrogens is 398 g/mol. The smallest absolute Gasteiger partial charge is 0.326 e. The number of carbonyl (C=O) groups is 2. The van der Waals surface area contributed by atoms with Gasteiger partial charge in [0.25, 0.3) is 5.89 Å². The molecule has 1 amide bonds. The van der Waals surface area contributed by atoms with Gasteiger partial charge in [-0.3, -0.25) is 14.5 Å². The molecule has 148 valence electrons. The third-order valence-corrected chi connectivity index (χ3v) is 4.59. The van der Waals surface area contributed by atoms with Crippen LogP contribution in [0.5, 0.6) is 5.75 Å². The molecule has 8 nitrogen and oxygen atoms in total. The highest BCUT2D eigenvalue weighted by Gasteiger charge is 2.26. The van der Waals surface area contributed by atoms with Crippen LogP contribution in [0, 0.1) is 0 Å². The van der Waals surface area contributed by atoms with Crippen LogP contribution in [-0.4, -0.2) is 35.2 Å². The van der Waals surface area contributed by atoms with Gasteiger partial charge in [-0.1, -0.05) is 41.0 Å². The molecule has 0 radical (unpaired) electrons. The van der Waals surface area contributed by atoms with Crippen molar-refractivity contribution in [1.29, 1.82) is 0 Å². The Labute approximate surface area is 171 Å². The van der Waals surface area contributed by atoms with Gasteiger partial charge in [0.2, 0.25) is 11.7 Å². The maximum atomic E-state index is 12.4. The number of esters is 1. The minimum absolute atomic E-state index is 0.124. The highest BCUT2D eigenvalue weighted by atomic mass is 35.5. The van der Waals surface area contributed by atoms with Crippen LogP contribution in [0.4, 0.5) is 5.69 Å². The van der Waals surface area contributed by atoms with Crippen LogP contribution in [0.25, 0.3) is 11.4 Å². The number of carbonyl (C=O) groups excluding carboxylic acids is 2. The van der Waals surface area contributed by atoms with Gasteiger partial charge >= 0.3 is 5.97 Å². The molecule has 0 saturated carbocycles. The number of hydrogen-bond acceptors (Lipinski definition) is 7. The van der Waals surface area contributed by atoms with E-state index in [-0.39, 0.29) is 38.0 Å². The number of aromatic nitrogens is 2. The quantitative estimate of drug-likeness (QED) is 0.592. The van der Waals surface area contributed by atoms with Gasteiger partial charge in [-0.25, -0.2) is 0 Å². The Balaban J connectivity index is 1.41. The lowest BCUT2D eigenvalue weighted by Crippen LogP contribution is -2.36. The van der Waals surface area contributed by atoms with Gasteiger partial charge in [0.1, 0.15) is 12.3 Å². The summed E-state index contributed by atoms with van der Waals surface area (Å²) in [6, 6.07) is 14.1. The standard InChI is InChI=1S/C20H16ClN3O5/c21-14-6-2-1-5-13(14)20-22-17(29-23-20)12-28-19(26)11-24-15-7-3-4-8-16(15)27-10-9-18(24)25/h1-8H,9-12H2. The first-order valence-corrected chi connectivity index (χ1v) is 9.25. The van der Waals surface area contributed by atoms with E-state index in [0.29, 0.717) is 27.8 Å². The molecule has 29 heavy (non-hydrogen) atoms. The molecule has 3 aromatic rings. The second-order valence-corrected chi connectivity index (χ2v) is 6.61. The van der Waals surface area contributed by atoms with Crippen molar-refractivity contribution in [3.63, 3.8) is 0 Å². The number of ether oxygens (including phenoxy) is 2. The number of benzene rings is 2. The molecule has 0 bridgehead atoms. The van der Waals surface area contributed by atoms with Crippen LogP contribution in [0.15, 0.2) is 53.1 Å². The average Bonchev–Trinajstić information content (AvgIpc) is 3.14. The fourth-order valence-corrected chi connectivity index (χ4v) is 3.10. The Morgan fingerprint density at radius 2 is 1.97 bits per heavy atom. The van der Waals surface area contributed by atoms with Crippen molar-refractivity contribution in [2.45, 2.75) is 13.0 Å². The predicted octanol–water partition coefficient (Wildman–Crippen LogP) is 3.25. The molecule has 2 heterocycles. The summed E-state index contributed by atoms with van der Waals surface area (Å²) in [5.74, 6) is 0.153. The Kier molecular flexibility index (Phi) is 5.44. The van der Waals surface area contributed by atoms with E-state index in [4.69, 9.17) is 25.6 Å². The molecule has 0 unspecified atom stereocenters. The van der Waals surface area contributed by atoms with Crippen LogP contribution in [0.3, 0.4) is 0 Å². The molecule has 2 aromatic carbocycles. The molecule has 1 aliphatic rings. The third-order valence-electron chi connectivity index (χ3n) is 4.26. The Bertz CT molecular complexity index is 1050. The monoisotopic (exact) mass is 413 g/mol. The predicted molar refractivity (Wildman–Crippen MR) is 103 cm³/mol. The number of halogens is 1. The Morgan fingerprint density at radius 1 is 1.17 bits per heavy atom. The summed E-state index contributed by atoms with van der Waals surface area (Å²) in [5.41, 5.74) is 1.15. The van der Waals surface area contributed by atoms with E-state index in [1.54, 1.807) is 48.5 Å². The maximum absolute atomic E-state index is 12.4. The lowest BCUT2D eigenvalue weighted by molar-refractivity contribution is -0.144. The van der Waals surface area contributed by atoms with Crippen molar-refractivity contribution in [2.75, 3.05) is 18.1 Å². The molecule has 0 spiro atoms. The van der Waals surface area contributed by atoms with Crippen molar-refractivity contribution in [2.24, 2.45) is 0 Å². The van der Waals surface area contributed by atoms with Gasteiger partial charge in [0.05, 0.1) is 23.7 Å². The average molecular weight is 414 g/mol. The zero-order valence-electron chi connectivity index (χ0n) is 15.2. The van der Waals surface area contributed by atoms with Gasteiger partial charge in [-0.15, -0.1) is 0 Å². The van der Waals surface area contributed by atoms with Gasteiger partial charge in [-0.05, 0) is 24.3 Å². The van der Waals surface area contributed by atoms with Gasteiger partial charge < -0.3 is 14.0 Å². The number of rotatable bonds is 5. The number of hydrogen-bond donors (Lipinski definition) is 0. The molecule has 4 rings (SSSR count). The summed E-state index contributed by atoms with van der Waals surface area (Å²) in [6.07, 6.45) is 0.173. The van der Waals surface area contributed by atoms with Crippen LogP contribution >= 0.6 is 11.6 Å². The van der Waals surface area contributed by atoms with Crippen molar-refractivity contribution >= 4 is 29.2 Å². The van der Waals surface area contributed by atoms with Crippen molar-refractivity contribution < 1.29 is 23.6 Å². The first-order chi connectivity index (χ1) is 14.1. The normalized spacial score (nSPS) is 13.4. The number of nitrogens with zero attached hydrogens (tertiary/aromatic N) is 3. The molecule has 9 heteroatoms. The fourth-order valence-electron chi connectivity index (χ4n) is 2.88. The van der Waals surface area contributed by atoms with E-state index in [9.17, 15) is 9.59 Å². The van der Waals surface area contributed by atoms with Crippen LogP contribution < -0.4 is 9.64 Å². The van der Waals surface area contributed by atoms with Crippen molar-refractivity contribution in [3.8, 4) is 17.1 Å². The highest BCUT2D eigenvalue weighted by molar-refractivity contribution is 6.33. The molecule has 0 N–H and O–H groups in total. The summed E-state index contributed by atoms with van der Waals surface area (Å²) in [5, 5.41) is 4.34. The molecule has 1 aromatic heterocycles. The summed E-state index contributed by atoms with van der Waals surface area (Å²) in [6.45, 7) is -0.199. The van der Waals surface area contributed by atoms with Gasteiger partial charge in [0.15, 0.2) is 6.61 Å². The number of amides is 1. The number of anilines is 1. The van der Waals surface area contributed by atoms with Crippen molar-refractivity contribution in [1.82, 2.24) is 10.1 Å². The SMILES string of the molecule is O=C(CN1C(=O)CCOc2ccccc21)OCc1nc(-c2ccccc2Cl)no1. The van der Waals surface area contributed by atoms with Crippen LogP contribution in [0.2, 0.25) is 5.02 Å². The minimum Gasteiger partial charge on any atom is -0.491 e. The second kappa shape index (κ2) is 8.32. The van der Waals surface area contributed by atoms with Gasteiger partial charge in [0, 0.05) is 5.56 Å². The third kappa shape index (κ3) is 4.22. The fraction of sp³-hybridized carbons (Fsp3) is 0.200. The Hall–Kier alpha value is -3.39. The number of para-hydroxylation sites is 2. The van der Waals surface area contributed by atoms with E-state index in [2.05, 4.69) is 10.1 Å². The van der Waals surface area contributed by atoms with E-state index in [1.165, 1.54) is 4.90 Å². The number of fused-ring (bicyclic) bond motifs is 1. The van der Waals surface area contributed by atoms with Crippen molar-refractivity contribution in [3.05, 3.63) is 59.4 Å². The first kappa shape index (κ1) is 18.9. The van der Waals surface area contributed by atoms with E-state index >= 15 is 0 Å². The molecule has 0 aliphatic carbocycles. The summed E-state index contributed by atoms with van der Waals surface area (Å²) < 4.78 is 15.9. The largest absolute Gasteiger partial charge is 0.491 e. The summed E-state index contributed by atoms with van der Waals surface area (Å²) >= 11 is 6.12. The zero-order valence-corrected chi connectivity index (χ0v) is 16.0. The summed E-state index contributed by atoms with van der Waals surface area (Å²) in [7, 11) is 0. The van der Waals surface area contributed by atoms with E-state index < -0.39 is 5.97 Å². The first-order valence-electron chi connectivity index (χ1n) is 8.87. The lowest BCUT2D eigenvalue weighted by Gasteiger charge is -2.20. The summed E-state index contributed by atoms with van der Waals surface area (Å²) in [4.78, 5) is 30.2. The maximum Gasteiger partial charge on any atom is 0.326 e. The molecular formula is C20H16ClN3O5. The van der Waals surface area contributed by atoms with E-state index in [0.717, 1.165) is 0 Å². The molecule has 0 saturated heterocycles. The molecule has 1 aliphatic heterocycles. The van der Waals surface area contributed by atoms with E-state index in [1.807, 2.05) is 0 Å². The second-order valence-electron chi connectivity index (χ2n) is 6.20.